The third kappa shape index (κ3) is 1.64. The maximum Gasteiger partial charge on any atom is 0.136 e. The average molecular weight is 357 g/mol. The first-order valence-corrected chi connectivity index (χ1v) is 9.55. The number of furan rings is 1. The number of nitrogens with one attached hydrogen (secondary N) is 1. The number of rotatable bonds is 0. The van der Waals surface area contributed by atoms with Gasteiger partial charge in [-0.1, -0.05) is 66.7 Å². The van der Waals surface area contributed by atoms with Crippen LogP contribution in [0.2, 0.25) is 0 Å². The molecular weight excluding hydrogens is 342 g/mol. The summed E-state index contributed by atoms with van der Waals surface area (Å²) in [5, 5.41) is 10.00. The van der Waals surface area contributed by atoms with Crippen molar-refractivity contribution in [3.05, 3.63) is 84.9 Å². The van der Waals surface area contributed by atoms with E-state index >= 15 is 0 Å². The van der Waals surface area contributed by atoms with Gasteiger partial charge in [0.2, 0.25) is 0 Å². The molecule has 0 unspecified atom stereocenters. The second-order valence-corrected chi connectivity index (χ2v) is 7.43. The van der Waals surface area contributed by atoms with Crippen LogP contribution in [0.5, 0.6) is 0 Å². The molecule has 0 radical (unpaired) electrons. The maximum absolute atomic E-state index is 6.16. The molecule has 2 heterocycles. The Bertz CT molecular complexity index is 1720. The van der Waals surface area contributed by atoms with Crippen molar-refractivity contribution in [2.24, 2.45) is 0 Å². The summed E-state index contributed by atoms with van der Waals surface area (Å²) in [5.74, 6) is 0. The zero-order valence-corrected chi connectivity index (χ0v) is 15.0. The SMILES string of the molecule is c1ccc2c(c1)oc1ccc3[nH]c4c5ccccc5c5ccccc5c4c3c12. The maximum atomic E-state index is 6.16. The summed E-state index contributed by atoms with van der Waals surface area (Å²) < 4.78 is 6.16. The van der Waals surface area contributed by atoms with Crippen LogP contribution in [0.15, 0.2) is 89.3 Å². The van der Waals surface area contributed by atoms with E-state index in [2.05, 4.69) is 77.8 Å². The molecule has 7 rings (SSSR count). The molecule has 0 saturated heterocycles. The Balaban J connectivity index is 1.90. The van der Waals surface area contributed by atoms with Crippen molar-refractivity contribution in [1.82, 2.24) is 4.98 Å². The van der Waals surface area contributed by atoms with Gasteiger partial charge in [-0.2, -0.15) is 0 Å². The highest BCUT2D eigenvalue weighted by atomic mass is 16.3. The normalized spacial score (nSPS) is 12.3. The molecular formula is C26H15NO. The highest BCUT2D eigenvalue weighted by Gasteiger charge is 2.18. The standard InChI is InChI=1S/C26H15NO/c1-3-9-17-15(7-1)16-8-2-4-10-18(16)26-24(17)25-20(27-26)13-14-22-23(25)19-11-5-6-12-21(19)28-22/h1-14,27H. The molecule has 2 nitrogen and oxygen atoms in total. The van der Waals surface area contributed by atoms with E-state index in [0.717, 1.165) is 16.7 Å². The van der Waals surface area contributed by atoms with Crippen LogP contribution in [0.3, 0.4) is 0 Å². The summed E-state index contributed by atoms with van der Waals surface area (Å²) in [6, 6.07) is 29.9. The molecule has 0 aliphatic carbocycles. The zero-order chi connectivity index (χ0) is 18.2. The van der Waals surface area contributed by atoms with Gasteiger partial charge in [-0.15, -0.1) is 0 Å². The predicted octanol–water partition coefficient (Wildman–Crippen LogP) is 7.53. The van der Waals surface area contributed by atoms with E-state index in [4.69, 9.17) is 4.42 Å². The lowest BCUT2D eigenvalue weighted by molar-refractivity contribution is 0.669. The van der Waals surface area contributed by atoms with Crippen molar-refractivity contribution in [1.29, 1.82) is 0 Å². The van der Waals surface area contributed by atoms with E-state index in [0.29, 0.717) is 0 Å². The summed E-state index contributed by atoms with van der Waals surface area (Å²) in [7, 11) is 0. The minimum Gasteiger partial charge on any atom is -0.456 e. The Labute approximate surface area is 160 Å². The highest BCUT2D eigenvalue weighted by Crippen LogP contribution is 2.43. The number of aromatic amines is 1. The minimum absolute atomic E-state index is 0.935. The van der Waals surface area contributed by atoms with E-state index in [1.54, 1.807) is 0 Å². The Morgan fingerprint density at radius 2 is 1.11 bits per heavy atom. The lowest BCUT2D eigenvalue weighted by atomic mass is 9.95. The largest absolute Gasteiger partial charge is 0.456 e. The summed E-state index contributed by atoms with van der Waals surface area (Å²) in [6.45, 7) is 0. The first kappa shape index (κ1) is 14.3. The minimum atomic E-state index is 0.935. The Morgan fingerprint density at radius 3 is 1.93 bits per heavy atom. The van der Waals surface area contributed by atoms with Crippen LogP contribution in [-0.4, -0.2) is 4.98 Å². The monoisotopic (exact) mass is 357 g/mol. The number of hydrogen-bond donors (Lipinski definition) is 1. The fourth-order valence-electron chi connectivity index (χ4n) is 4.85. The fraction of sp³-hybridized carbons (Fsp3) is 0. The summed E-state index contributed by atoms with van der Waals surface area (Å²) >= 11 is 0. The summed E-state index contributed by atoms with van der Waals surface area (Å²) in [5.41, 5.74) is 4.22. The van der Waals surface area contributed by atoms with Crippen LogP contribution in [0, 0.1) is 0 Å². The third-order valence-electron chi connectivity index (χ3n) is 5.99. The molecule has 130 valence electrons. The molecule has 0 spiro atoms. The van der Waals surface area contributed by atoms with Gasteiger partial charge in [-0.3, -0.25) is 0 Å². The Kier molecular flexibility index (Phi) is 2.52. The number of H-pyrrole nitrogens is 1. The molecule has 0 amide bonds. The van der Waals surface area contributed by atoms with Gasteiger partial charge in [-0.05, 0) is 34.4 Å². The number of hydrogen-bond acceptors (Lipinski definition) is 1. The van der Waals surface area contributed by atoms with E-state index < -0.39 is 0 Å². The zero-order valence-electron chi connectivity index (χ0n) is 15.0. The lowest BCUT2D eigenvalue weighted by Gasteiger charge is -2.07. The highest BCUT2D eigenvalue weighted by molar-refractivity contribution is 6.37. The lowest BCUT2D eigenvalue weighted by Crippen LogP contribution is -1.81. The molecule has 28 heavy (non-hydrogen) atoms. The molecule has 2 aromatic heterocycles. The van der Waals surface area contributed by atoms with Crippen molar-refractivity contribution >= 4 is 65.3 Å². The quantitative estimate of drug-likeness (QED) is 0.279. The Morgan fingerprint density at radius 1 is 0.464 bits per heavy atom. The smallest absolute Gasteiger partial charge is 0.136 e. The Hall–Kier alpha value is -3.78. The van der Waals surface area contributed by atoms with Gasteiger partial charge in [0.1, 0.15) is 11.2 Å². The van der Waals surface area contributed by atoms with E-state index in [-0.39, 0.29) is 0 Å². The van der Waals surface area contributed by atoms with Crippen LogP contribution >= 0.6 is 0 Å². The number of aromatic nitrogens is 1. The molecule has 0 fully saturated rings. The van der Waals surface area contributed by atoms with E-state index in [1.807, 2.05) is 12.1 Å². The second-order valence-electron chi connectivity index (χ2n) is 7.43. The molecule has 1 N–H and O–H groups in total. The van der Waals surface area contributed by atoms with Crippen molar-refractivity contribution in [2.45, 2.75) is 0 Å². The molecule has 5 aromatic carbocycles. The van der Waals surface area contributed by atoms with Gasteiger partial charge in [-0.25, -0.2) is 0 Å². The van der Waals surface area contributed by atoms with Gasteiger partial charge in [0.15, 0.2) is 0 Å². The van der Waals surface area contributed by atoms with Gasteiger partial charge >= 0.3 is 0 Å². The van der Waals surface area contributed by atoms with Crippen molar-refractivity contribution < 1.29 is 4.42 Å². The number of para-hydroxylation sites is 1. The van der Waals surface area contributed by atoms with E-state index in [1.165, 1.54) is 48.6 Å². The van der Waals surface area contributed by atoms with Crippen molar-refractivity contribution in [3.8, 4) is 0 Å². The molecule has 2 heteroatoms. The van der Waals surface area contributed by atoms with Crippen LogP contribution in [-0.2, 0) is 0 Å². The average Bonchev–Trinajstić information content (AvgIpc) is 3.32. The van der Waals surface area contributed by atoms with Crippen LogP contribution in [0.1, 0.15) is 0 Å². The molecule has 0 aliphatic rings. The first-order chi connectivity index (χ1) is 13.9. The van der Waals surface area contributed by atoms with Gasteiger partial charge in [0.05, 0.1) is 5.52 Å². The van der Waals surface area contributed by atoms with Crippen LogP contribution in [0.25, 0.3) is 65.3 Å². The fourth-order valence-corrected chi connectivity index (χ4v) is 4.85. The van der Waals surface area contributed by atoms with Gasteiger partial charge in [0.25, 0.3) is 0 Å². The van der Waals surface area contributed by atoms with Crippen molar-refractivity contribution in [2.75, 3.05) is 0 Å². The first-order valence-electron chi connectivity index (χ1n) is 9.55. The molecule has 0 bridgehead atoms. The summed E-state index contributed by atoms with van der Waals surface area (Å²) in [4.78, 5) is 3.72. The van der Waals surface area contributed by atoms with Crippen molar-refractivity contribution in [3.63, 3.8) is 0 Å². The van der Waals surface area contributed by atoms with Crippen LogP contribution < -0.4 is 0 Å². The van der Waals surface area contributed by atoms with Gasteiger partial charge < -0.3 is 9.40 Å². The van der Waals surface area contributed by atoms with E-state index in [9.17, 15) is 0 Å². The second kappa shape index (κ2) is 4.93. The molecule has 7 aromatic rings. The molecule has 0 saturated carbocycles. The number of benzene rings is 5. The third-order valence-corrected chi connectivity index (χ3v) is 5.99. The van der Waals surface area contributed by atoms with Gasteiger partial charge in [0, 0.05) is 32.4 Å². The molecule has 0 atom stereocenters. The molecule has 0 aliphatic heterocycles. The predicted molar refractivity (Wildman–Crippen MR) is 118 cm³/mol. The number of fused-ring (bicyclic) bond motifs is 12. The van der Waals surface area contributed by atoms with Crippen LogP contribution in [0.4, 0.5) is 0 Å². The topological polar surface area (TPSA) is 28.9 Å². The summed E-state index contributed by atoms with van der Waals surface area (Å²) in [6.07, 6.45) is 0.